The van der Waals surface area contributed by atoms with Crippen molar-refractivity contribution in [2.75, 3.05) is 9.80 Å². The summed E-state index contributed by atoms with van der Waals surface area (Å²) >= 11 is 0. The van der Waals surface area contributed by atoms with E-state index in [9.17, 15) is 0 Å². The van der Waals surface area contributed by atoms with Gasteiger partial charge < -0.3 is 18.6 Å². The molecule has 4 heteroatoms. The average molecular weight is 817 g/mol. The van der Waals surface area contributed by atoms with Gasteiger partial charge in [0.05, 0.1) is 29.0 Å². The molecule has 0 amide bonds. The second-order valence-corrected chi connectivity index (χ2v) is 17.6. The highest BCUT2D eigenvalue weighted by Gasteiger charge is 2.26. The maximum absolute atomic E-state index is 6.87. The first-order valence-corrected chi connectivity index (χ1v) is 21.8. The number of anilines is 6. The van der Waals surface area contributed by atoms with Crippen LogP contribution in [0, 0.1) is 34.6 Å². The van der Waals surface area contributed by atoms with Crippen molar-refractivity contribution >= 4 is 105 Å². The summed E-state index contributed by atoms with van der Waals surface area (Å²) in [5.41, 5.74) is 17.3. The molecule has 0 aliphatic heterocycles. The lowest BCUT2D eigenvalue weighted by molar-refractivity contribution is 0.615. The van der Waals surface area contributed by atoms with Gasteiger partial charge in [-0.05, 0) is 146 Å². The van der Waals surface area contributed by atoms with Crippen molar-refractivity contribution in [3.63, 3.8) is 0 Å². The Balaban J connectivity index is 1.18. The minimum atomic E-state index is 0.848. The number of benzene rings is 9. The third-order valence-corrected chi connectivity index (χ3v) is 12.5. The highest BCUT2D eigenvalue weighted by Crippen LogP contribution is 2.50. The molecule has 0 N–H and O–H groups in total. The summed E-state index contributed by atoms with van der Waals surface area (Å²) in [6.45, 7) is 15.1. The van der Waals surface area contributed by atoms with Crippen molar-refractivity contribution < 1.29 is 8.83 Å². The highest BCUT2D eigenvalue weighted by molar-refractivity contribution is 6.28. The lowest BCUT2D eigenvalue weighted by Crippen LogP contribution is -2.12. The topological polar surface area (TPSA) is 32.8 Å². The van der Waals surface area contributed by atoms with Crippen LogP contribution in [0.3, 0.4) is 0 Å². The SMILES string of the molecule is CC(C)=C/C=C\c1coc2c(N(c3cc(C)cc(C)c3)c3ccc4ccc5c(N(c6cc(C)cc(C)c6)c6cccc7c6oc6c(C)cccc67)ccc6ccc3c4c65)cccc12. The van der Waals surface area contributed by atoms with Gasteiger partial charge >= 0.3 is 0 Å². The Morgan fingerprint density at radius 3 is 1.51 bits per heavy atom. The summed E-state index contributed by atoms with van der Waals surface area (Å²) in [5, 5.41) is 10.5. The molecule has 0 saturated carbocycles. The minimum absolute atomic E-state index is 0.848. The first kappa shape index (κ1) is 38.4. The van der Waals surface area contributed by atoms with Crippen LogP contribution in [0.4, 0.5) is 34.1 Å². The van der Waals surface area contributed by atoms with Crippen molar-refractivity contribution in [3.8, 4) is 0 Å². The van der Waals surface area contributed by atoms with E-state index in [0.29, 0.717) is 0 Å². The van der Waals surface area contributed by atoms with E-state index in [0.717, 1.165) is 78.2 Å². The fourth-order valence-corrected chi connectivity index (χ4v) is 9.97. The summed E-state index contributed by atoms with van der Waals surface area (Å²) in [6, 6.07) is 51.4. The molecule has 4 nitrogen and oxygen atoms in total. The molecule has 0 radical (unpaired) electrons. The molecule has 0 aliphatic carbocycles. The molecule has 0 fully saturated rings. The molecular weight excluding hydrogens is 769 g/mol. The minimum Gasteiger partial charge on any atom is -0.461 e. The van der Waals surface area contributed by atoms with Crippen LogP contribution < -0.4 is 9.80 Å². The van der Waals surface area contributed by atoms with Crippen LogP contribution in [0.2, 0.25) is 0 Å². The van der Waals surface area contributed by atoms with Gasteiger partial charge in [-0.15, -0.1) is 0 Å². The number of furan rings is 2. The number of hydrogen-bond acceptors (Lipinski definition) is 4. The van der Waals surface area contributed by atoms with E-state index in [2.05, 4.69) is 216 Å². The molecule has 0 atom stereocenters. The third-order valence-electron chi connectivity index (χ3n) is 12.5. The van der Waals surface area contributed by atoms with Gasteiger partial charge in [-0.1, -0.05) is 115 Å². The summed E-state index contributed by atoms with van der Waals surface area (Å²) in [5.74, 6) is 0. The lowest BCUT2D eigenvalue weighted by Gasteiger charge is -2.30. The number of allylic oxidation sites excluding steroid dienone is 3. The number of para-hydroxylation sites is 3. The van der Waals surface area contributed by atoms with Crippen LogP contribution in [-0.4, -0.2) is 0 Å². The fourth-order valence-electron chi connectivity index (χ4n) is 9.97. The largest absolute Gasteiger partial charge is 0.461 e. The van der Waals surface area contributed by atoms with Gasteiger partial charge in [0.1, 0.15) is 5.58 Å². The Hall–Kier alpha value is -7.56. The van der Waals surface area contributed by atoms with Crippen LogP contribution in [0.25, 0.3) is 71.3 Å². The molecule has 0 saturated heterocycles. The van der Waals surface area contributed by atoms with Crippen LogP contribution in [-0.2, 0) is 0 Å². The Bertz CT molecular complexity index is 3630. The van der Waals surface area contributed by atoms with E-state index in [1.54, 1.807) is 0 Å². The second-order valence-electron chi connectivity index (χ2n) is 17.6. The maximum atomic E-state index is 6.87. The molecule has 0 unspecified atom stereocenters. The van der Waals surface area contributed by atoms with E-state index in [4.69, 9.17) is 8.83 Å². The molecule has 306 valence electrons. The number of rotatable bonds is 8. The van der Waals surface area contributed by atoms with Gasteiger partial charge in [0.25, 0.3) is 0 Å². The summed E-state index contributed by atoms with van der Waals surface area (Å²) < 4.78 is 13.4. The first-order valence-electron chi connectivity index (χ1n) is 21.8. The molecule has 2 aromatic heterocycles. The van der Waals surface area contributed by atoms with Crippen molar-refractivity contribution in [3.05, 3.63) is 197 Å². The summed E-state index contributed by atoms with van der Waals surface area (Å²) in [6.07, 6.45) is 8.24. The number of hydrogen-bond donors (Lipinski definition) is 0. The molecule has 9 aromatic carbocycles. The molecule has 2 heterocycles. The second kappa shape index (κ2) is 14.8. The number of fused-ring (bicyclic) bond motifs is 4. The van der Waals surface area contributed by atoms with Gasteiger partial charge in [-0.2, -0.15) is 0 Å². The summed E-state index contributed by atoms with van der Waals surface area (Å²) in [7, 11) is 0. The summed E-state index contributed by atoms with van der Waals surface area (Å²) in [4.78, 5) is 4.81. The van der Waals surface area contributed by atoms with Crippen molar-refractivity contribution in [1.29, 1.82) is 0 Å². The Labute approximate surface area is 367 Å². The predicted molar refractivity (Wildman–Crippen MR) is 269 cm³/mol. The van der Waals surface area contributed by atoms with Crippen LogP contribution >= 0.6 is 0 Å². The molecule has 0 spiro atoms. The highest BCUT2D eigenvalue weighted by atomic mass is 16.3. The molecule has 63 heavy (non-hydrogen) atoms. The number of aryl methyl sites for hydroxylation is 5. The van der Waals surface area contributed by atoms with Crippen LogP contribution in [0.1, 0.15) is 47.2 Å². The maximum Gasteiger partial charge on any atom is 0.159 e. The Morgan fingerprint density at radius 1 is 0.460 bits per heavy atom. The quantitative estimate of drug-likeness (QED) is 0.113. The zero-order chi connectivity index (χ0) is 43.1. The molecule has 0 aliphatic rings. The van der Waals surface area contributed by atoms with E-state index in [1.165, 1.54) is 60.1 Å². The smallest absolute Gasteiger partial charge is 0.159 e. The van der Waals surface area contributed by atoms with Gasteiger partial charge in [0.15, 0.2) is 11.2 Å². The predicted octanol–water partition coefficient (Wildman–Crippen LogP) is 17.7. The van der Waals surface area contributed by atoms with Gasteiger partial charge in [0.2, 0.25) is 0 Å². The normalized spacial score (nSPS) is 12.0. The fraction of sp³-hybridized carbons (Fsp3) is 0.119. The monoisotopic (exact) mass is 816 g/mol. The zero-order valence-electron chi connectivity index (χ0n) is 36.8. The molecule has 11 rings (SSSR count). The van der Waals surface area contributed by atoms with Crippen molar-refractivity contribution in [2.45, 2.75) is 48.5 Å². The Morgan fingerprint density at radius 2 is 0.952 bits per heavy atom. The van der Waals surface area contributed by atoms with E-state index in [-0.39, 0.29) is 0 Å². The standard InChI is InChI=1S/C59H48N2O2/c1-35(2)12-8-14-43-34-62-58-46(43)15-10-18-53(58)60(44-30-36(3)28-37(4)31-44)51-26-22-41-21-25-50-52(27-23-42-20-24-49(51)55(41)56(42)50)61(45-32-38(5)29-39(6)33-45)54-19-11-17-48-47-16-9-13-40(7)57(47)63-59(48)54/h8-34H,1-7H3/b14-8-. The average Bonchev–Trinajstić information content (AvgIpc) is 3.86. The molecule has 0 bridgehead atoms. The third kappa shape index (κ3) is 6.36. The number of nitrogens with zero attached hydrogens (tertiary/aromatic N) is 2. The van der Waals surface area contributed by atoms with Gasteiger partial charge in [0, 0.05) is 43.9 Å². The van der Waals surface area contributed by atoms with Crippen LogP contribution in [0.15, 0.2) is 172 Å². The first-order chi connectivity index (χ1) is 30.6. The van der Waals surface area contributed by atoms with Gasteiger partial charge in [-0.3, -0.25) is 0 Å². The lowest BCUT2D eigenvalue weighted by atomic mass is 9.91. The van der Waals surface area contributed by atoms with Crippen molar-refractivity contribution in [2.24, 2.45) is 0 Å². The van der Waals surface area contributed by atoms with Crippen LogP contribution in [0.5, 0.6) is 0 Å². The Kier molecular flexibility index (Phi) is 9.02. The van der Waals surface area contributed by atoms with E-state index >= 15 is 0 Å². The molecule has 11 aromatic rings. The zero-order valence-corrected chi connectivity index (χ0v) is 36.8. The van der Waals surface area contributed by atoms with Gasteiger partial charge in [-0.25, -0.2) is 0 Å². The van der Waals surface area contributed by atoms with E-state index in [1.807, 2.05) is 6.26 Å². The van der Waals surface area contributed by atoms with Crippen molar-refractivity contribution in [1.82, 2.24) is 0 Å². The molecular formula is C59H48N2O2. The van der Waals surface area contributed by atoms with E-state index < -0.39 is 0 Å².